The summed E-state index contributed by atoms with van der Waals surface area (Å²) in [7, 11) is -3.02. The van der Waals surface area contributed by atoms with Crippen LogP contribution in [0.25, 0.3) is 0 Å². The Morgan fingerprint density at radius 2 is 1.71 bits per heavy atom. The highest BCUT2D eigenvalue weighted by molar-refractivity contribution is 7.91. The number of nitrogens with one attached hydrogen (secondary N) is 2. The van der Waals surface area contributed by atoms with E-state index >= 15 is 0 Å². The van der Waals surface area contributed by atoms with E-state index in [1.165, 1.54) is 0 Å². The summed E-state index contributed by atoms with van der Waals surface area (Å²) in [6.45, 7) is 0. The minimum absolute atomic E-state index is 0.0410. The highest BCUT2D eigenvalue weighted by Gasteiger charge is 2.49. The van der Waals surface area contributed by atoms with Crippen molar-refractivity contribution in [2.24, 2.45) is 0 Å². The normalized spacial score (nSPS) is 28.6. The van der Waals surface area contributed by atoms with Gasteiger partial charge in [-0.3, -0.25) is 10.1 Å². The Hall–Kier alpha value is -1.11. The molecule has 2 heterocycles. The van der Waals surface area contributed by atoms with Crippen LogP contribution in [0.5, 0.6) is 0 Å². The van der Waals surface area contributed by atoms with E-state index < -0.39 is 27.3 Å². The lowest BCUT2D eigenvalue weighted by Gasteiger charge is -2.29. The van der Waals surface area contributed by atoms with E-state index in [4.69, 9.17) is 0 Å². The molecule has 0 aromatic heterocycles. The lowest BCUT2D eigenvalue weighted by atomic mass is 9.93. The molecule has 2 N–H and O–H groups in total. The van der Waals surface area contributed by atoms with Gasteiger partial charge in [0, 0.05) is 0 Å². The highest BCUT2D eigenvalue weighted by atomic mass is 32.2. The molecule has 2 saturated heterocycles. The van der Waals surface area contributed by atoms with Crippen molar-refractivity contribution in [3.63, 3.8) is 0 Å². The van der Waals surface area contributed by atoms with Gasteiger partial charge in [-0.05, 0) is 12.8 Å². The fourth-order valence-electron chi connectivity index (χ4n) is 1.77. The summed E-state index contributed by atoms with van der Waals surface area (Å²) in [6, 6.07) is -0.533. The molecule has 1 spiro atoms. The van der Waals surface area contributed by atoms with E-state index in [1.807, 2.05) is 0 Å². The van der Waals surface area contributed by atoms with E-state index in [0.29, 0.717) is 0 Å². The monoisotopic (exact) mass is 218 g/mol. The molecule has 2 aliphatic heterocycles. The van der Waals surface area contributed by atoms with Gasteiger partial charge >= 0.3 is 6.03 Å². The molecule has 2 fully saturated rings. The Balaban J connectivity index is 2.21. The van der Waals surface area contributed by atoms with Gasteiger partial charge < -0.3 is 5.32 Å². The molecule has 0 atom stereocenters. The van der Waals surface area contributed by atoms with Crippen LogP contribution in [0.15, 0.2) is 0 Å². The second kappa shape index (κ2) is 2.69. The first-order valence-corrected chi connectivity index (χ1v) is 6.10. The number of rotatable bonds is 0. The molecule has 0 saturated carbocycles. The molecule has 3 amide bonds. The predicted octanol–water partition coefficient (Wildman–Crippen LogP) is -1.23. The van der Waals surface area contributed by atoms with Crippen LogP contribution in [0.2, 0.25) is 0 Å². The minimum Gasteiger partial charge on any atom is -0.323 e. The molecule has 0 aromatic rings. The second-order valence-corrected chi connectivity index (χ2v) is 5.95. The molecule has 2 aliphatic rings. The van der Waals surface area contributed by atoms with Crippen LogP contribution in [-0.4, -0.2) is 37.4 Å². The summed E-state index contributed by atoms with van der Waals surface area (Å²) in [6.07, 6.45) is 0.347. The smallest absolute Gasteiger partial charge is 0.322 e. The van der Waals surface area contributed by atoms with Gasteiger partial charge in [0.25, 0.3) is 5.91 Å². The molecule has 0 aliphatic carbocycles. The zero-order valence-corrected chi connectivity index (χ0v) is 8.19. The Labute approximate surface area is 81.0 Å². The predicted molar refractivity (Wildman–Crippen MR) is 47.3 cm³/mol. The summed E-state index contributed by atoms with van der Waals surface area (Å²) in [5.74, 6) is -0.487. The lowest BCUT2D eigenvalue weighted by Crippen LogP contribution is -2.52. The van der Waals surface area contributed by atoms with Gasteiger partial charge in [0.05, 0.1) is 11.5 Å². The quantitative estimate of drug-likeness (QED) is 0.498. The number of amides is 3. The van der Waals surface area contributed by atoms with Crippen LogP contribution in [0.1, 0.15) is 12.8 Å². The van der Waals surface area contributed by atoms with Crippen LogP contribution in [-0.2, 0) is 14.6 Å². The van der Waals surface area contributed by atoms with Gasteiger partial charge in [-0.15, -0.1) is 0 Å². The van der Waals surface area contributed by atoms with Crippen molar-refractivity contribution in [2.45, 2.75) is 18.4 Å². The minimum atomic E-state index is -3.02. The number of carbonyl (C=O) groups excluding carboxylic acids is 2. The Morgan fingerprint density at radius 3 is 2.14 bits per heavy atom. The first kappa shape index (κ1) is 9.45. The fourth-order valence-corrected chi connectivity index (χ4v) is 3.29. The van der Waals surface area contributed by atoms with Crippen LogP contribution in [0.3, 0.4) is 0 Å². The summed E-state index contributed by atoms with van der Waals surface area (Å²) in [5, 5.41) is 4.61. The Morgan fingerprint density at radius 1 is 1.14 bits per heavy atom. The van der Waals surface area contributed by atoms with E-state index in [9.17, 15) is 18.0 Å². The standard InChI is InChI=1S/C7H10N2O4S/c10-5-7(9-6(11)8-5)1-3-14(12,13)4-2-7/h1-4H2,(H2,8,9,10,11). The van der Waals surface area contributed by atoms with Crippen molar-refractivity contribution in [1.29, 1.82) is 0 Å². The third-order valence-corrected chi connectivity index (χ3v) is 4.35. The van der Waals surface area contributed by atoms with Gasteiger partial charge in [0.15, 0.2) is 9.84 Å². The van der Waals surface area contributed by atoms with Crippen molar-refractivity contribution in [3.8, 4) is 0 Å². The number of hydrogen-bond acceptors (Lipinski definition) is 4. The van der Waals surface area contributed by atoms with Crippen molar-refractivity contribution in [3.05, 3.63) is 0 Å². The Bertz CT molecular complexity index is 386. The fraction of sp³-hybridized carbons (Fsp3) is 0.714. The van der Waals surface area contributed by atoms with E-state index in [1.54, 1.807) is 0 Å². The third kappa shape index (κ3) is 1.37. The highest BCUT2D eigenvalue weighted by Crippen LogP contribution is 2.26. The maximum Gasteiger partial charge on any atom is 0.322 e. The average molecular weight is 218 g/mol. The number of hydrogen-bond donors (Lipinski definition) is 2. The SMILES string of the molecule is O=C1NC(=O)C2(CCS(=O)(=O)CC2)N1. The zero-order chi connectivity index (χ0) is 10.4. The molecule has 7 heteroatoms. The van der Waals surface area contributed by atoms with Gasteiger partial charge in [0.1, 0.15) is 5.54 Å². The molecule has 0 unspecified atom stereocenters. The summed E-state index contributed by atoms with van der Waals surface area (Å²) in [5.41, 5.74) is -0.970. The second-order valence-electron chi connectivity index (χ2n) is 3.64. The largest absolute Gasteiger partial charge is 0.323 e. The first-order valence-electron chi connectivity index (χ1n) is 4.28. The van der Waals surface area contributed by atoms with Gasteiger partial charge in [-0.2, -0.15) is 0 Å². The van der Waals surface area contributed by atoms with Crippen molar-refractivity contribution in [1.82, 2.24) is 10.6 Å². The molecule has 14 heavy (non-hydrogen) atoms. The van der Waals surface area contributed by atoms with Crippen LogP contribution in [0.4, 0.5) is 4.79 Å². The maximum absolute atomic E-state index is 11.4. The van der Waals surface area contributed by atoms with Crippen LogP contribution < -0.4 is 10.6 Å². The number of imide groups is 1. The van der Waals surface area contributed by atoms with Crippen LogP contribution >= 0.6 is 0 Å². The third-order valence-electron chi connectivity index (χ3n) is 2.69. The summed E-state index contributed by atoms with van der Waals surface area (Å²) in [4.78, 5) is 22.3. The molecule has 6 nitrogen and oxygen atoms in total. The van der Waals surface area contributed by atoms with E-state index in [2.05, 4.69) is 10.6 Å². The Kier molecular flexibility index (Phi) is 1.82. The number of urea groups is 1. The molecular weight excluding hydrogens is 208 g/mol. The topological polar surface area (TPSA) is 92.3 Å². The number of carbonyl (C=O) groups is 2. The van der Waals surface area contributed by atoms with E-state index in [0.717, 1.165) is 0 Å². The molecule has 0 aromatic carbocycles. The molecule has 78 valence electrons. The van der Waals surface area contributed by atoms with Crippen molar-refractivity contribution >= 4 is 21.8 Å². The van der Waals surface area contributed by atoms with Crippen LogP contribution in [0, 0.1) is 0 Å². The van der Waals surface area contributed by atoms with E-state index in [-0.39, 0.29) is 24.3 Å². The van der Waals surface area contributed by atoms with Gasteiger partial charge in [0.2, 0.25) is 0 Å². The van der Waals surface area contributed by atoms with Crippen molar-refractivity contribution in [2.75, 3.05) is 11.5 Å². The number of sulfone groups is 1. The zero-order valence-electron chi connectivity index (χ0n) is 7.37. The van der Waals surface area contributed by atoms with Gasteiger partial charge in [-0.1, -0.05) is 0 Å². The first-order chi connectivity index (χ1) is 6.44. The van der Waals surface area contributed by atoms with Crippen molar-refractivity contribution < 1.29 is 18.0 Å². The molecule has 2 rings (SSSR count). The average Bonchev–Trinajstić information content (AvgIpc) is 2.35. The maximum atomic E-state index is 11.4. The molecule has 0 radical (unpaired) electrons. The molecular formula is C7H10N2O4S. The summed E-state index contributed by atoms with van der Waals surface area (Å²) < 4.78 is 22.3. The van der Waals surface area contributed by atoms with Gasteiger partial charge in [-0.25, -0.2) is 13.2 Å². The lowest BCUT2D eigenvalue weighted by molar-refractivity contribution is -0.124. The summed E-state index contributed by atoms with van der Waals surface area (Å²) >= 11 is 0. The molecule has 0 bridgehead atoms.